The van der Waals surface area contributed by atoms with Crippen molar-refractivity contribution in [1.29, 1.82) is 0 Å². The number of sulfonamides is 1. The van der Waals surface area contributed by atoms with Gasteiger partial charge in [-0.05, 0) is 92.6 Å². The number of halogens is 3. The van der Waals surface area contributed by atoms with Gasteiger partial charge in [-0.25, -0.2) is 13.2 Å². The molecule has 0 radical (unpaired) electrons. The number of carbonyl (C=O) groups excluding carboxylic acids is 1. The highest BCUT2D eigenvalue weighted by Crippen LogP contribution is 2.31. The normalized spacial score (nSPS) is 11.6. The Bertz CT molecular complexity index is 1340. The Morgan fingerprint density at radius 2 is 1.44 bits per heavy atom. The SMILES string of the molecule is CCN(c1ccc(Oc2ccc(OC(F)(F)F)cc2)cc1)S(=O)(=O)c1cc(C)c(C)c(C(=O)OC)c1. The molecule has 0 bridgehead atoms. The second-order valence-electron chi connectivity index (χ2n) is 7.69. The van der Waals surface area contributed by atoms with Crippen LogP contribution >= 0.6 is 0 Å². The number of hydrogen-bond acceptors (Lipinski definition) is 6. The zero-order valence-corrected chi connectivity index (χ0v) is 20.7. The standard InChI is InChI=1S/C25H24F3NO6S/c1-5-29(36(31,32)22-14-16(2)17(3)23(15-22)24(30)33-4)18-6-8-19(9-7-18)34-20-10-12-21(13-11-20)35-25(26,27)28/h6-15H,5H2,1-4H3. The Morgan fingerprint density at radius 1 is 0.917 bits per heavy atom. The molecular weight excluding hydrogens is 499 g/mol. The lowest BCUT2D eigenvalue weighted by Gasteiger charge is -2.24. The van der Waals surface area contributed by atoms with Crippen molar-refractivity contribution < 1.29 is 40.6 Å². The molecule has 0 N–H and O–H groups in total. The molecule has 0 saturated heterocycles. The van der Waals surface area contributed by atoms with Gasteiger partial charge in [-0.2, -0.15) is 0 Å². The summed E-state index contributed by atoms with van der Waals surface area (Å²) in [5, 5.41) is 0. The summed E-state index contributed by atoms with van der Waals surface area (Å²) in [6.45, 7) is 5.22. The van der Waals surface area contributed by atoms with E-state index in [1.807, 2.05) is 0 Å². The first kappa shape index (κ1) is 26.9. The van der Waals surface area contributed by atoms with Gasteiger partial charge in [0.2, 0.25) is 0 Å². The van der Waals surface area contributed by atoms with E-state index in [1.165, 1.54) is 47.8 Å². The van der Waals surface area contributed by atoms with Gasteiger partial charge < -0.3 is 14.2 Å². The number of carbonyl (C=O) groups is 1. The third kappa shape index (κ3) is 6.09. The predicted molar refractivity (Wildman–Crippen MR) is 127 cm³/mol. The number of methoxy groups -OCH3 is 1. The van der Waals surface area contributed by atoms with Gasteiger partial charge in [0.25, 0.3) is 10.0 Å². The summed E-state index contributed by atoms with van der Waals surface area (Å²) in [6.07, 6.45) is -4.79. The number of benzene rings is 3. The van der Waals surface area contributed by atoms with Crippen LogP contribution in [0.3, 0.4) is 0 Å². The molecule has 7 nitrogen and oxygen atoms in total. The largest absolute Gasteiger partial charge is 0.573 e. The highest BCUT2D eigenvalue weighted by molar-refractivity contribution is 7.92. The molecule has 0 fully saturated rings. The van der Waals surface area contributed by atoms with E-state index in [2.05, 4.69) is 4.74 Å². The first-order valence-corrected chi connectivity index (χ1v) is 12.2. The van der Waals surface area contributed by atoms with Crippen LogP contribution in [0.4, 0.5) is 18.9 Å². The third-order valence-electron chi connectivity index (χ3n) is 5.34. The van der Waals surface area contributed by atoms with Gasteiger partial charge in [-0.1, -0.05) is 0 Å². The van der Waals surface area contributed by atoms with Crippen molar-refractivity contribution in [2.45, 2.75) is 32.0 Å². The lowest BCUT2D eigenvalue weighted by atomic mass is 10.0. The monoisotopic (exact) mass is 523 g/mol. The minimum Gasteiger partial charge on any atom is -0.465 e. The first-order chi connectivity index (χ1) is 16.9. The number of alkyl halides is 3. The number of aryl methyl sites for hydroxylation is 1. The Kier molecular flexibility index (Phi) is 7.83. The maximum atomic E-state index is 13.4. The van der Waals surface area contributed by atoms with Gasteiger partial charge in [0, 0.05) is 6.54 Å². The van der Waals surface area contributed by atoms with Crippen LogP contribution in [-0.4, -0.2) is 34.4 Å². The summed E-state index contributed by atoms with van der Waals surface area (Å²) in [5.74, 6) is -0.399. The van der Waals surface area contributed by atoms with E-state index < -0.39 is 22.4 Å². The molecule has 3 aromatic carbocycles. The minimum absolute atomic E-state index is 0.0469. The molecule has 0 aliphatic rings. The number of rotatable bonds is 8. The van der Waals surface area contributed by atoms with Crippen molar-refractivity contribution in [1.82, 2.24) is 0 Å². The molecule has 0 unspecified atom stereocenters. The molecule has 11 heteroatoms. The van der Waals surface area contributed by atoms with Crippen LogP contribution in [0.2, 0.25) is 0 Å². The van der Waals surface area contributed by atoms with Gasteiger partial charge in [0.1, 0.15) is 17.2 Å². The van der Waals surface area contributed by atoms with Gasteiger partial charge in [-0.3, -0.25) is 4.31 Å². The van der Waals surface area contributed by atoms with Crippen LogP contribution in [-0.2, 0) is 14.8 Å². The molecule has 0 heterocycles. The topological polar surface area (TPSA) is 82.1 Å². The number of ether oxygens (including phenoxy) is 3. The molecule has 0 amide bonds. The molecule has 0 aliphatic carbocycles. The van der Waals surface area contributed by atoms with Crippen LogP contribution in [0.15, 0.2) is 65.6 Å². The van der Waals surface area contributed by atoms with Crippen molar-refractivity contribution in [2.24, 2.45) is 0 Å². The first-order valence-electron chi connectivity index (χ1n) is 10.7. The van der Waals surface area contributed by atoms with E-state index in [9.17, 15) is 26.4 Å². The highest BCUT2D eigenvalue weighted by Gasteiger charge is 2.31. The summed E-state index contributed by atoms with van der Waals surface area (Å²) in [4.78, 5) is 12.1. The zero-order chi connectivity index (χ0) is 26.7. The summed E-state index contributed by atoms with van der Waals surface area (Å²) in [6, 6.07) is 13.8. The fraction of sp³-hybridized carbons (Fsp3) is 0.240. The summed E-state index contributed by atoms with van der Waals surface area (Å²) in [5.41, 5.74) is 1.78. The van der Waals surface area contributed by atoms with Crippen molar-refractivity contribution in [3.8, 4) is 17.2 Å². The third-order valence-corrected chi connectivity index (χ3v) is 7.22. The summed E-state index contributed by atoms with van der Waals surface area (Å²) < 4.78 is 79.2. The van der Waals surface area contributed by atoms with Crippen LogP contribution in [0, 0.1) is 13.8 Å². The number of anilines is 1. The van der Waals surface area contributed by atoms with Gasteiger partial charge in [0.05, 0.1) is 23.3 Å². The molecule has 192 valence electrons. The van der Waals surface area contributed by atoms with Crippen LogP contribution in [0.25, 0.3) is 0 Å². The molecule has 3 aromatic rings. The molecule has 0 saturated carbocycles. The smallest absolute Gasteiger partial charge is 0.465 e. The van der Waals surface area contributed by atoms with Gasteiger partial charge in [0.15, 0.2) is 0 Å². The molecule has 0 spiro atoms. The molecule has 36 heavy (non-hydrogen) atoms. The van der Waals surface area contributed by atoms with Crippen LogP contribution < -0.4 is 13.8 Å². The van der Waals surface area contributed by atoms with Crippen molar-refractivity contribution in [3.63, 3.8) is 0 Å². The Labute approximate surface area is 207 Å². The average Bonchev–Trinajstić information content (AvgIpc) is 2.82. The second kappa shape index (κ2) is 10.5. The number of esters is 1. The molecular formula is C25H24F3NO6S. The van der Waals surface area contributed by atoms with Crippen LogP contribution in [0.5, 0.6) is 17.2 Å². The van der Waals surface area contributed by atoms with E-state index in [0.717, 1.165) is 12.1 Å². The van der Waals surface area contributed by atoms with Gasteiger partial charge >= 0.3 is 12.3 Å². The average molecular weight is 524 g/mol. The lowest BCUT2D eigenvalue weighted by Crippen LogP contribution is -2.31. The Morgan fingerprint density at radius 3 is 1.94 bits per heavy atom. The maximum absolute atomic E-state index is 13.4. The minimum atomic E-state index is -4.79. The van der Waals surface area contributed by atoms with Gasteiger partial charge in [-0.15, -0.1) is 13.2 Å². The molecule has 0 aliphatic heterocycles. The van der Waals surface area contributed by atoms with Crippen molar-refractivity contribution >= 4 is 21.7 Å². The van der Waals surface area contributed by atoms with Crippen LogP contribution in [0.1, 0.15) is 28.4 Å². The number of hydrogen-bond donors (Lipinski definition) is 0. The lowest BCUT2D eigenvalue weighted by molar-refractivity contribution is -0.274. The zero-order valence-electron chi connectivity index (χ0n) is 19.9. The molecule has 3 rings (SSSR count). The predicted octanol–water partition coefficient (Wildman–Crippen LogP) is 6.00. The van der Waals surface area contributed by atoms with E-state index in [-0.39, 0.29) is 28.5 Å². The van der Waals surface area contributed by atoms with E-state index >= 15 is 0 Å². The quantitative estimate of drug-likeness (QED) is 0.337. The van der Waals surface area contributed by atoms with E-state index in [1.54, 1.807) is 32.9 Å². The Balaban J connectivity index is 1.84. The summed E-state index contributed by atoms with van der Waals surface area (Å²) >= 11 is 0. The second-order valence-corrected chi connectivity index (χ2v) is 9.55. The van der Waals surface area contributed by atoms with Crippen molar-refractivity contribution in [2.75, 3.05) is 18.0 Å². The molecule has 0 atom stereocenters. The van der Waals surface area contributed by atoms with E-state index in [4.69, 9.17) is 9.47 Å². The maximum Gasteiger partial charge on any atom is 0.573 e. The highest BCUT2D eigenvalue weighted by atomic mass is 32.2. The van der Waals surface area contributed by atoms with E-state index in [0.29, 0.717) is 22.6 Å². The van der Waals surface area contributed by atoms with Crippen molar-refractivity contribution in [3.05, 3.63) is 77.4 Å². The summed E-state index contributed by atoms with van der Waals surface area (Å²) in [7, 11) is -2.79. The molecule has 0 aromatic heterocycles. The number of nitrogens with zero attached hydrogens (tertiary/aromatic N) is 1. The fourth-order valence-corrected chi connectivity index (χ4v) is 5.03. The Hall–Kier alpha value is -3.73. The fourth-order valence-electron chi connectivity index (χ4n) is 3.44.